The summed E-state index contributed by atoms with van der Waals surface area (Å²) in [5.74, 6) is -0.480. The SMILES string of the molecule is CC1=NC(=S)NC(c2ccc(Cl)cc2Cl)C1C(=O)NC1CCCCC1. The maximum absolute atomic E-state index is 13.0. The fourth-order valence-corrected chi connectivity index (χ4v) is 4.41. The highest BCUT2D eigenvalue weighted by molar-refractivity contribution is 7.80. The average Bonchev–Trinajstić information content (AvgIpc) is 2.54. The Labute approximate surface area is 163 Å². The zero-order valence-corrected chi connectivity index (χ0v) is 16.3. The van der Waals surface area contributed by atoms with Gasteiger partial charge in [0.2, 0.25) is 5.91 Å². The third-order valence-electron chi connectivity index (χ3n) is 4.87. The maximum Gasteiger partial charge on any atom is 0.231 e. The first-order valence-corrected chi connectivity index (χ1v) is 9.73. The van der Waals surface area contributed by atoms with E-state index in [0.29, 0.717) is 20.9 Å². The minimum atomic E-state index is -0.452. The van der Waals surface area contributed by atoms with Crippen LogP contribution in [-0.2, 0) is 4.79 Å². The van der Waals surface area contributed by atoms with Crippen molar-refractivity contribution in [2.45, 2.75) is 51.1 Å². The molecule has 2 unspecified atom stereocenters. The van der Waals surface area contributed by atoms with Crippen LogP contribution in [0.4, 0.5) is 0 Å². The molecule has 0 spiro atoms. The van der Waals surface area contributed by atoms with Gasteiger partial charge in [-0.05, 0) is 49.7 Å². The van der Waals surface area contributed by atoms with Crippen molar-refractivity contribution in [1.29, 1.82) is 0 Å². The van der Waals surface area contributed by atoms with E-state index in [4.69, 9.17) is 35.4 Å². The highest BCUT2D eigenvalue weighted by Crippen LogP contribution is 2.33. The summed E-state index contributed by atoms with van der Waals surface area (Å²) in [5.41, 5.74) is 1.50. The van der Waals surface area contributed by atoms with Crippen molar-refractivity contribution in [3.63, 3.8) is 0 Å². The summed E-state index contributed by atoms with van der Waals surface area (Å²) in [5, 5.41) is 7.78. The molecule has 25 heavy (non-hydrogen) atoms. The van der Waals surface area contributed by atoms with Crippen LogP contribution in [-0.4, -0.2) is 22.8 Å². The standard InChI is InChI=1S/C18H21Cl2N3OS/c1-10-15(17(24)22-12-5-3-2-4-6-12)16(23-18(25)21-10)13-8-7-11(19)9-14(13)20/h7-9,12,15-16H,2-6H2,1H3,(H,22,24)(H,23,25). The number of benzene rings is 1. The number of thiocarbonyl (C=S) groups is 1. The van der Waals surface area contributed by atoms with E-state index in [1.807, 2.05) is 13.0 Å². The monoisotopic (exact) mass is 397 g/mol. The van der Waals surface area contributed by atoms with E-state index in [1.165, 1.54) is 6.42 Å². The number of nitrogens with zero attached hydrogens (tertiary/aromatic N) is 1. The van der Waals surface area contributed by atoms with Gasteiger partial charge >= 0.3 is 0 Å². The van der Waals surface area contributed by atoms with Crippen LogP contribution in [0.3, 0.4) is 0 Å². The highest BCUT2D eigenvalue weighted by atomic mass is 35.5. The van der Waals surface area contributed by atoms with Gasteiger partial charge in [-0.2, -0.15) is 0 Å². The summed E-state index contributed by atoms with van der Waals surface area (Å²) >= 11 is 17.6. The van der Waals surface area contributed by atoms with Crippen molar-refractivity contribution in [2.75, 3.05) is 0 Å². The van der Waals surface area contributed by atoms with Crippen molar-refractivity contribution >= 4 is 52.2 Å². The third-order valence-corrected chi connectivity index (χ3v) is 5.64. The quantitative estimate of drug-likeness (QED) is 0.740. The van der Waals surface area contributed by atoms with E-state index in [1.54, 1.807) is 12.1 Å². The molecule has 1 aliphatic heterocycles. The van der Waals surface area contributed by atoms with Crippen LogP contribution in [0.2, 0.25) is 10.0 Å². The van der Waals surface area contributed by atoms with Gasteiger partial charge in [0.05, 0.1) is 6.04 Å². The van der Waals surface area contributed by atoms with Crippen molar-refractivity contribution in [1.82, 2.24) is 10.6 Å². The smallest absolute Gasteiger partial charge is 0.231 e. The second-order valence-corrected chi connectivity index (χ2v) is 7.90. The van der Waals surface area contributed by atoms with Gasteiger partial charge in [0, 0.05) is 21.8 Å². The first kappa shape index (κ1) is 18.6. The van der Waals surface area contributed by atoms with E-state index in [0.717, 1.165) is 31.2 Å². The predicted molar refractivity (Wildman–Crippen MR) is 107 cm³/mol. The molecule has 1 amide bonds. The molecular weight excluding hydrogens is 377 g/mol. The van der Waals surface area contributed by atoms with Gasteiger partial charge in [0.1, 0.15) is 5.92 Å². The zero-order valence-electron chi connectivity index (χ0n) is 14.0. The average molecular weight is 398 g/mol. The molecule has 2 N–H and O–H groups in total. The van der Waals surface area contributed by atoms with Gasteiger partial charge in [-0.3, -0.25) is 4.79 Å². The molecule has 134 valence electrons. The fourth-order valence-electron chi connectivity index (χ4n) is 3.61. The molecule has 0 bridgehead atoms. The first-order chi connectivity index (χ1) is 12.0. The van der Waals surface area contributed by atoms with E-state index in [-0.39, 0.29) is 18.0 Å². The molecule has 0 radical (unpaired) electrons. The lowest BCUT2D eigenvalue weighted by atomic mass is 9.86. The molecule has 1 aromatic carbocycles. The van der Waals surface area contributed by atoms with Gasteiger partial charge in [0.25, 0.3) is 0 Å². The van der Waals surface area contributed by atoms with Crippen LogP contribution in [0.15, 0.2) is 23.2 Å². The number of hydrogen-bond donors (Lipinski definition) is 2. The number of halogens is 2. The van der Waals surface area contributed by atoms with Crippen LogP contribution in [0.5, 0.6) is 0 Å². The Morgan fingerprint density at radius 3 is 2.68 bits per heavy atom. The van der Waals surface area contributed by atoms with E-state index >= 15 is 0 Å². The van der Waals surface area contributed by atoms with E-state index in [9.17, 15) is 4.79 Å². The first-order valence-electron chi connectivity index (χ1n) is 8.56. The summed E-state index contributed by atoms with van der Waals surface area (Å²) in [6.45, 7) is 1.84. The van der Waals surface area contributed by atoms with E-state index < -0.39 is 5.92 Å². The van der Waals surface area contributed by atoms with Crippen LogP contribution in [0.1, 0.15) is 50.6 Å². The molecule has 2 atom stereocenters. The lowest BCUT2D eigenvalue weighted by Gasteiger charge is -2.33. The lowest BCUT2D eigenvalue weighted by Crippen LogP contribution is -2.50. The molecule has 2 aliphatic rings. The number of aliphatic imine (C=N–C) groups is 1. The number of nitrogens with one attached hydrogen (secondary N) is 2. The fraction of sp³-hybridized carbons (Fsp3) is 0.500. The van der Waals surface area contributed by atoms with Crippen molar-refractivity contribution in [3.05, 3.63) is 33.8 Å². The summed E-state index contributed by atoms with van der Waals surface area (Å²) in [6.07, 6.45) is 5.64. The van der Waals surface area contributed by atoms with Gasteiger partial charge in [-0.1, -0.05) is 48.5 Å². The second-order valence-electron chi connectivity index (χ2n) is 6.67. The maximum atomic E-state index is 13.0. The molecule has 1 saturated carbocycles. The van der Waals surface area contributed by atoms with Crippen LogP contribution in [0.25, 0.3) is 0 Å². The van der Waals surface area contributed by atoms with Crippen LogP contribution < -0.4 is 10.6 Å². The van der Waals surface area contributed by atoms with Crippen LogP contribution >= 0.6 is 35.4 Å². The topological polar surface area (TPSA) is 53.5 Å². The molecule has 3 rings (SSSR count). The van der Waals surface area contributed by atoms with E-state index in [2.05, 4.69) is 15.6 Å². The number of carbonyl (C=O) groups excluding carboxylic acids is 1. The lowest BCUT2D eigenvalue weighted by molar-refractivity contribution is -0.124. The Balaban J connectivity index is 1.87. The second kappa shape index (κ2) is 8.02. The largest absolute Gasteiger partial charge is 0.353 e. The van der Waals surface area contributed by atoms with Gasteiger partial charge in [-0.15, -0.1) is 0 Å². The molecule has 1 heterocycles. The van der Waals surface area contributed by atoms with Crippen molar-refractivity contribution < 1.29 is 4.79 Å². The molecule has 1 aliphatic carbocycles. The highest BCUT2D eigenvalue weighted by Gasteiger charge is 2.37. The molecule has 0 aromatic heterocycles. The Hall–Kier alpha value is -1.17. The molecule has 7 heteroatoms. The summed E-state index contributed by atoms with van der Waals surface area (Å²) < 4.78 is 0. The summed E-state index contributed by atoms with van der Waals surface area (Å²) in [4.78, 5) is 17.3. The van der Waals surface area contributed by atoms with Gasteiger partial charge < -0.3 is 10.6 Å². The van der Waals surface area contributed by atoms with Crippen molar-refractivity contribution in [2.24, 2.45) is 10.9 Å². The van der Waals surface area contributed by atoms with Crippen LogP contribution in [0, 0.1) is 5.92 Å². The molecule has 4 nitrogen and oxygen atoms in total. The van der Waals surface area contributed by atoms with Crippen molar-refractivity contribution in [3.8, 4) is 0 Å². The Morgan fingerprint density at radius 1 is 1.28 bits per heavy atom. The van der Waals surface area contributed by atoms with Gasteiger partial charge in [0.15, 0.2) is 5.11 Å². The summed E-state index contributed by atoms with van der Waals surface area (Å²) in [6, 6.07) is 5.18. The minimum absolute atomic E-state index is 0.0285. The Bertz CT molecular complexity index is 716. The third kappa shape index (κ3) is 4.33. The summed E-state index contributed by atoms with van der Waals surface area (Å²) in [7, 11) is 0. The zero-order chi connectivity index (χ0) is 18.0. The molecule has 1 aromatic rings. The van der Waals surface area contributed by atoms with Gasteiger partial charge in [-0.25, -0.2) is 4.99 Å². The molecule has 1 fully saturated rings. The Kier molecular flexibility index (Phi) is 5.97. The number of carbonyl (C=O) groups is 1. The normalized spacial score (nSPS) is 24.4. The number of rotatable bonds is 3. The Morgan fingerprint density at radius 2 is 2.00 bits per heavy atom. The number of hydrogen-bond acceptors (Lipinski definition) is 2. The molecular formula is C18H21Cl2N3OS. The minimum Gasteiger partial charge on any atom is -0.353 e. The number of amides is 1. The molecule has 0 saturated heterocycles. The predicted octanol–water partition coefficient (Wildman–Crippen LogP) is 4.45.